The van der Waals surface area contributed by atoms with Crippen molar-refractivity contribution in [3.05, 3.63) is 67.1 Å². The molecule has 0 radical (unpaired) electrons. The van der Waals surface area contributed by atoms with Crippen molar-refractivity contribution in [1.29, 1.82) is 0 Å². The molecule has 0 unspecified atom stereocenters. The highest BCUT2D eigenvalue weighted by atomic mass is 127. The van der Waals surface area contributed by atoms with Gasteiger partial charge < -0.3 is 9.67 Å². The van der Waals surface area contributed by atoms with Gasteiger partial charge >= 0.3 is 5.97 Å². The number of rotatable bonds is 3. The third-order valence-electron chi connectivity index (χ3n) is 2.88. The zero-order valence-electron chi connectivity index (χ0n) is 10.3. The summed E-state index contributed by atoms with van der Waals surface area (Å²) in [6, 6.07) is 10.8. The minimum atomic E-state index is -1.19. The van der Waals surface area contributed by atoms with E-state index in [4.69, 9.17) is 5.11 Å². The van der Waals surface area contributed by atoms with E-state index in [1.165, 1.54) is 10.6 Å². The average molecular weight is 369 g/mol. The van der Waals surface area contributed by atoms with Crippen molar-refractivity contribution >= 4 is 28.6 Å². The molecule has 4 nitrogen and oxygen atoms in total. The van der Waals surface area contributed by atoms with Crippen LogP contribution in [0.1, 0.15) is 21.6 Å². The van der Waals surface area contributed by atoms with E-state index in [-0.39, 0.29) is 5.56 Å². The summed E-state index contributed by atoms with van der Waals surface area (Å²) in [4.78, 5) is 23.1. The maximum atomic E-state index is 12.1. The normalized spacial score (nSPS) is 10.4. The third kappa shape index (κ3) is 3.04. The fraction of sp³-hybridized carbons (Fsp3) is 0.143. The second-order valence-electron chi connectivity index (χ2n) is 4.21. The molecule has 0 saturated heterocycles. The Morgan fingerprint density at radius 1 is 1.21 bits per heavy atom. The fourth-order valence-corrected chi connectivity index (χ4v) is 2.16. The molecule has 98 valence electrons. The lowest BCUT2D eigenvalue weighted by molar-refractivity contribution is 0.0694. The monoisotopic (exact) mass is 369 g/mol. The molecule has 0 spiro atoms. The van der Waals surface area contributed by atoms with Crippen LogP contribution in [0.4, 0.5) is 0 Å². The molecular weight excluding hydrogens is 357 g/mol. The SMILES string of the molecule is Cc1ccc(C(=O)O)c(=O)n1Cc1ccc(I)cc1. The van der Waals surface area contributed by atoms with Crippen molar-refractivity contribution in [2.24, 2.45) is 0 Å². The average Bonchev–Trinajstić information content (AvgIpc) is 2.36. The van der Waals surface area contributed by atoms with E-state index in [1.54, 1.807) is 13.0 Å². The molecule has 1 aromatic carbocycles. The summed E-state index contributed by atoms with van der Waals surface area (Å²) in [6.45, 7) is 2.17. The van der Waals surface area contributed by atoms with E-state index in [0.29, 0.717) is 6.54 Å². The molecule has 2 aromatic rings. The minimum Gasteiger partial charge on any atom is -0.477 e. The summed E-state index contributed by atoms with van der Waals surface area (Å²) < 4.78 is 2.59. The minimum absolute atomic E-state index is 0.198. The van der Waals surface area contributed by atoms with Crippen LogP contribution in [0.15, 0.2) is 41.2 Å². The van der Waals surface area contributed by atoms with E-state index < -0.39 is 11.5 Å². The van der Waals surface area contributed by atoms with Crippen LogP contribution < -0.4 is 5.56 Å². The number of aryl methyl sites for hydroxylation is 1. The van der Waals surface area contributed by atoms with Crippen LogP contribution in [0, 0.1) is 10.5 Å². The number of aromatic carboxylic acids is 1. The van der Waals surface area contributed by atoms with Gasteiger partial charge in [0.05, 0.1) is 6.54 Å². The molecule has 0 bridgehead atoms. The Morgan fingerprint density at radius 2 is 1.84 bits per heavy atom. The first-order valence-electron chi connectivity index (χ1n) is 5.67. The number of carboxylic acids is 1. The van der Waals surface area contributed by atoms with E-state index in [9.17, 15) is 9.59 Å². The summed E-state index contributed by atoms with van der Waals surface area (Å²) in [5, 5.41) is 8.97. The molecule has 0 amide bonds. The summed E-state index contributed by atoms with van der Waals surface area (Å²) >= 11 is 2.21. The van der Waals surface area contributed by atoms with Gasteiger partial charge in [0.2, 0.25) is 0 Å². The Bertz CT molecular complexity index is 674. The second-order valence-corrected chi connectivity index (χ2v) is 5.46. The van der Waals surface area contributed by atoms with Crippen molar-refractivity contribution < 1.29 is 9.90 Å². The van der Waals surface area contributed by atoms with Crippen molar-refractivity contribution in [3.8, 4) is 0 Å². The Morgan fingerprint density at radius 3 is 2.42 bits per heavy atom. The molecule has 0 saturated carbocycles. The van der Waals surface area contributed by atoms with Crippen molar-refractivity contribution in [2.45, 2.75) is 13.5 Å². The molecule has 1 N–H and O–H groups in total. The van der Waals surface area contributed by atoms with Crippen molar-refractivity contribution in [3.63, 3.8) is 0 Å². The van der Waals surface area contributed by atoms with E-state index >= 15 is 0 Å². The third-order valence-corrected chi connectivity index (χ3v) is 3.60. The van der Waals surface area contributed by atoms with Gasteiger partial charge in [-0.15, -0.1) is 0 Å². The lowest BCUT2D eigenvalue weighted by atomic mass is 10.2. The summed E-state index contributed by atoms with van der Waals surface area (Å²) in [5.41, 5.74) is 1.05. The van der Waals surface area contributed by atoms with Gasteiger partial charge in [-0.1, -0.05) is 12.1 Å². The maximum Gasteiger partial charge on any atom is 0.341 e. The quantitative estimate of drug-likeness (QED) is 0.846. The van der Waals surface area contributed by atoms with Gasteiger partial charge in [-0.05, 0) is 59.3 Å². The standard InChI is InChI=1S/C14H12INO3/c1-9-2-7-12(14(18)19)13(17)16(9)8-10-3-5-11(15)6-4-10/h2-7H,8H2,1H3,(H,18,19). The van der Waals surface area contributed by atoms with E-state index in [0.717, 1.165) is 14.8 Å². The molecule has 19 heavy (non-hydrogen) atoms. The van der Waals surface area contributed by atoms with Crippen LogP contribution in [-0.2, 0) is 6.54 Å². The highest BCUT2D eigenvalue weighted by molar-refractivity contribution is 14.1. The molecule has 2 rings (SSSR count). The van der Waals surface area contributed by atoms with E-state index in [1.807, 2.05) is 24.3 Å². The Balaban J connectivity index is 2.45. The molecule has 5 heteroatoms. The number of carbonyl (C=O) groups is 1. The Hall–Kier alpha value is -1.63. The Labute approximate surface area is 123 Å². The zero-order chi connectivity index (χ0) is 14.0. The number of aromatic nitrogens is 1. The van der Waals surface area contributed by atoms with Crippen molar-refractivity contribution in [2.75, 3.05) is 0 Å². The van der Waals surface area contributed by atoms with Crippen LogP contribution in [0.2, 0.25) is 0 Å². The van der Waals surface area contributed by atoms with Crippen LogP contribution in [-0.4, -0.2) is 15.6 Å². The van der Waals surface area contributed by atoms with Crippen LogP contribution in [0.5, 0.6) is 0 Å². The lowest BCUT2D eigenvalue weighted by Gasteiger charge is -2.11. The van der Waals surface area contributed by atoms with Gasteiger partial charge in [0.15, 0.2) is 0 Å². The van der Waals surface area contributed by atoms with Gasteiger partial charge in [-0.25, -0.2) is 4.79 Å². The van der Waals surface area contributed by atoms with Gasteiger partial charge in [0, 0.05) is 9.26 Å². The first kappa shape index (κ1) is 13.8. The highest BCUT2D eigenvalue weighted by Crippen LogP contribution is 2.09. The van der Waals surface area contributed by atoms with E-state index in [2.05, 4.69) is 22.6 Å². The number of carboxylic acid groups (broad SMARTS) is 1. The summed E-state index contributed by atoms with van der Waals surface area (Å²) in [6.07, 6.45) is 0. The number of hydrogen-bond donors (Lipinski definition) is 1. The lowest BCUT2D eigenvalue weighted by Crippen LogP contribution is -2.28. The van der Waals surface area contributed by atoms with Crippen molar-refractivity contribution in [1.82, 2.24) is 4.57 Å². The topological polar surface area (TPSA) is 59.3 Å². The molecule has 1 heterocycles. The van der Waals surface area contributed by atoms with Crippen LogP contribution in [0.3, 0.4) is 0 Å². The smallest absolute Gasteiger partial charge is 0.341 e. The van der Waals surface area contributed by atoms with Gasteiger partial charge in [-0.2, -0.15) is 0 Å². The first-order chi connectivity index (χ1) is 8.99. The van der Waals surface area contributed by atoms with Crippen LogP contribution in [0.25, 0.3) is 0 Å². The number of hydrogen-bond acceptors (Lipinski definition) is 2. The maximum absolute atomic E-state index is 12.1. The van der Waals surface area contributed by atoms with Gasteiger partial charge in [0.1, 0.15) is 5.56 Å². The summed E-state index contributed by atoms with van der Waals surface area (Å²) in [5.74, 6) is -1.19. The largest absolute Gasteiger partial charge is 0.477 e. The first-order valence-corrected chi connectivity index (χ1v) is 6.75. The second kappa shape index (κ2) is 5.56. The molecule has 0 fully saturated rings. The number of nitrogens with zero attached hydrogens (tertiary/aromatic N) is 1. The zero-order valence-corrected chi connectivity index (χ0v) is 12.4. The molecular formula is C14H12INO3. The number of halogens is 1. The predicted octanol–water partition coefficient (Wildman–Crippen LogP) is 2.51. The molecule has 0 atom stereocenters. The number of pyridine rings is 1. The highest BCUT2D eigenvalue weighted by Gasteiger charge is 2.12. The molecule has 0 aliphatic heterocycles. The Kier molecular flexibility index (Phi) is 4.04. The van der Waals surface area contributed by atoms with Crippen LogP contribution >= 0.6 is 22.6 Å². The van der Waals surface area contributed by atoms with Gasteiger partial charge in [-0.3, -0.25) is 4.79 Å². The predicted molar refractivity (Wildman–Crippen MR) is 80.7 cm³/mol. The van der Waals surface area contributed by atoms with Gasteiger partial charge in [0.25, 0.3) is 5.56 Å². The molecule has 0 aliphatic rings. The molecule has 1 aromatic heterocycles. The molecule has 0 aliphatic carbocycles. The summed E-state index contributed by atoms with van der Waals surface area (Å²) in [7, 11) is 0. The number of benzene rings is 1. The fourth-order valence-electron chi connectivity index (χ4n) is 1.80.